The average molecular weight is 346 g/mol. The molecule has 4 nitrogen and oxygen atoms in total. The van der Waals surface area contributed by atoms with E-state index in [-0.39, 0.29) is 11.4 Å². The fourth-order valence-corrected chi connectivity index (χ4v) is 2.84. The molecule has 122 valence electrons. The van der Waals surface area contributed by atoms with Gasteiger partial charge in [-0.25, -0.2) is 4.98 Å². The van der Waals surface area contributed by atoms with Crippen LogP contribution >= 0.6 is 11.3 Å². The highest BCUT2D eigenvalue weighted by Gasteiger charge is 2.13. The van der Waals surface area contributed by atoms with E-state index in [1.165, 1.54) is 29.5 Å². The Balaban J connectivity index is 1.73. The Bertz CT molecular complexity index is 837. The van der Waals surface area contributed by atoms with Crippen LogP contribution in [0.2, 0.25) is 0 Å². The molecule has 1 amide bonds. The summed E-state index contributed by atoms with van der Waals surface area (Å²) in [5.41, 5.74) is 1.54. The number of halogens is 2. The number of ether oxygens (including phenoxy) is 1. The summed E-state index contributed by atoms with van der Waals surface area (Å²) in [7, 11) is 0. The normalized spacial score (nSPS) is 10.6. The van der Waals surface area contributed by atoms with Crippen LogP contribution in [-0.4, -0.2) is 17.5 Å². The van der Waals surface area contributed by atoms with Crippen molar-refractivity contribution >= 4 is 22.9 Å². The molecule has 0 spiro atoms. The molecule has 3 aromatic rings. The summed E-state index contributed by atoms with van der Waals surface area (Å²) in [5.74, 6) is -0.436. The zero-order chi connectivity index (χ0) is 16.9. The van der Waals surface area contributed by atoms with Gasteiger partial charge in [0.2, 0.25) is 0 Å². The molecule has 0 unspecified atom stereocenters. The van der Waals surface area contributed by atoms with E-state index in [2.05, 4.69) is 15.0 Å². The molecule has 0 radical (unpaired) electrons. The second kappa shape index (κ2) is 7.18. The predicted molar refractivity (Wildman–Crippen MR) is 88.6 cm³/mol. The molecule has 3 rings (SSSR count). The van der Waals surface area contributed by atoms with Crippen molar-refractivity contribution in [1.82, 2.24) is 4.98 Å². The first-order valence-electron chi connectivity index (χ1n) is 6.99. The summed E-state index contributed by atoms with van der Waals surface area (Å²) in [6.45, 7) is -2.91. The third-order valence-corrected chi connectivity index (χ3v) is 3.97. The molecule has 1 heterocycles. The monoisotopic (exact) mass is 346 g/mol. The molecule has 0 aliphatic carbocycles. The Morgan fingerprint density at radius 1 is 1.12 bits per heavy atom. The van der Waals surface area contributed by atoms with Crippen molar-refractivity contribution in [3.05, 3.63) is 65.7 Å². The van der Waals surface area contributed by atoms with Crippen LogP contribution < -0.4 is 10.1 Å². The highest BCUT2D eigenvalue weighted by Crippen LogP contribution is 2.24. The molecule has 0 fully saturated rings. The minimum absolute atomic E-state index is 0.0222. The lowest BCUT2D eigenvalue weighted by Gasteiger charge is -2.07. The number of rotatable bonds is 5. The molecule has 0 aliphatic heterocycles. The van der Waals surface area contributed by atoms with Gasteiger partial charge in [0.15, 0.2) is 0 Å². The Kier molecular flexibility index (Phi) is 4.81. The van der Waals surface area contributed by atoms with E-state index >= 15 is 0 Å². The van der Waals surface area contributed by atoms with Gasteiger partial charge in [0.05, 0.1) is 0 Å². The number of thiazole rings is 1. The van der Waals surface area contributed by atoms with Gasteiger partial charge in [0.25, 0.3) is 5.91 Å². The molecule has 24 heavy (non-hydrogen) atoms. The maximum Gasteiger partial charge on any atom is 0.387 e. The standard InChI is InChI=1S/C17H12F2N2O2S/c18-17(19)23-13-8-4-7-12(9-13)20-15(22)14-10-24-16(21-14)11-5-2-1-3-6-11/h1-10,17H,(H,20,22). The minimum Gasteiger partial charge on any atom is -0.435 e. The van der Waals surface area contributed by atoms with Crippen LogP contribution in [0.25, 0.3) is 10.6 Å². The lowest BCUT2D eigenvalue weighted by atomic mass is 10.2. The lowest BCUT2D eigenvalue weighted by Crippen LogP contribution is -2.12. The highest BCUT2D eigenvalue weighted by atomic mass is 32.1. The van der Waals surface area contributed by atoms with Crippen molar-refractivity contribution in [3.63, 3.8) is 0 Å². The number of nitrogens with one attached hydrogen (secondary N) is 1. The van der Waals surface area contributed by atoms with Gasteiger partial charge in [-0.3, -0.25) is 4.79 Å². The topological polar surface area (TPSA) is 51.2 Å². The van der Waals surface area contributed by atoms with Crippen LogP contribution in [0.3, 0.4) is 0 Å². The smallest absolute Gasteiger partial charge is 0.387 e. The van der Waals surface area contributed by atoms with Crippen molar-refractivity contribution in [2.24, 2.45) is 0 Å². The zero-order valence-corrected chi connectivity index (χ0v) is 13.1. The molecular weight excluding hydrogens is 334 g/mol. The molecule has 1 aromatic heterocycles. The van der Waals surface area contributed by atoms with E-state index in [1.54, 1.807) is 11.4 Å². The third kappa shape index (κ3) is 3.94. The van der Waals surface area contributed by atoms with Crippen molar-refractivity contribution in [2.45, 2.75) is 6.61 Å². The summed E-state index contributed by atoms with van der Waals surface area (Å²) in [6.07, 6.45) is 0. The van der Waals surface area contributed by atoms with E-state index in [4.69, 9.17) is 0 Å². The number of carbonyl (C=O) groups is 1. The molecule has 2 aromatic carbocycles. The van der Waals surface area contributed by atoms with Gasteiger partial charge in [-0.05, 0) is 12.1 Å². The number of anilines is 1. The van der Waals surface area contributed by atoms with Gasteiger partial charge < -0.3 is 10.1 Å². The van der Waals surface area contributed by atoms with Gasteiger partial charge in [0.1, 0.15) is 16.5 Å². The van der Waals surface area contributed by atoms with E-state index < -0.39 is 12.5 Å². The Labute approximate surface area is 140 Å². The summed E-state index contributed by atoms with van der Waals surface area (Å²) in [5, 5.41) is 5.00. The second-order valence-electron chi connectivity index (χ2n) is 4.76. The first kappa shape index (κ1) is 16.1. The van der Waals surface area contributed by atoms with Crippen molar-refractivity contribution in [1.29, 1.82) is 0 Å². The third-order valence-electron chi connectivity index (χ3n) is 3.07. The second-order valence-corrected chi connectivity index (χ2v) is 5.62. The summed E-state index contributed by atoms with van der Waals surface area (Å²) in [4.78, 5) is 16.5. The minimum atomic E-state index is -2.91. The SMILES string of the molecule is O=C(Nc1cccc(OC(F)F)c1)c1csc(-c2ccccc2)n1. The van der Waals surface area contributed by atoms with Crippen LogP contribution in [-0.2, 0) is 0 Å². The van der Waals surface area contributed by atoms with Crippen molar-refractivity contribution in [2.75, 3.05) is 5.32 Å². The maximum absolute atomic E-state index is 12.2. The van der Waals surface area contributed by atoms with Gasteiger partial charge in [0, 0.05) is 22.7 Å². The summed E-state index contributed by atoms with van der Waals surface area (Å²) < 4.78 is 28.8. The van der Waals surface area contributed by atoms with Crippen LogP contribution in [0.4, 0.5) is 14.5 Å². The number of hydrogen-bond acceptors (Lipinski definition) is 4. The maximum atomic E-state index is 12.2. The Morgan fingerprint density at radius 2 is 1.92 bits per heavy atom. The number of carbonyl (C=O) groups excluding carboxylic acids is 1. The molecular formula is C17H12F2N2O2S. The number of benzene rings is 2. The fraction of sp³-hybridized carbons (Fsp3) is 0.0588. The molecule has 0 saturated carbocycles. The highest BCUT2D eigenvalue weighted by molar-refractivity contribution is 7.13. The number of amides is 1. The van der Waals surface area contributed by atoms with E-state index in [1.807, 2.05) is 30.3 Å². The first-order valence-corrected chi connectivity index (χ1v) is 7.87. The molecule has 7 heteroatoms. The largest absolute Gasteiger partial charge is 0.435 e. The quantitative estimate of drug-likeness (QED) is 0.731. The average Bonchev–Trinajstić information content (AvgIpc) is 3.05. The van der Waals surface area contributed by atoms with E-state index in [9.17, 15) is 13.6 Å². The zero-order valence-electron chi connectivity index (χ0n) is 12.3. The van der Waals surface area contributed by atoms with Crippen molar-refractivity contribution in [3.8, 4) is 16.3 Å². The van der Waals surface area contributed by atoms with Crippen LogP contribution in [0.5, 0.6) is 5.75 Å². The van der Waals surface area contributed by atoms with E-state index in [0.717, 1.165) is 10.6 Å². The molecule has 0 bridgehead atoms. The van der Waals surface area contributed by atoms with Gasteiger partial charge in [-0.15, -0.1) is 11.3 Å². The van der Waals surface area contributed by atoms with Crippen LogP contribution in [0, 0.1) is 0 Å². The predicted octanol–water partition coefficient (Wildman–Crippen LogP) is 4.66. The van der Waals surface area contributed by atoms with Crippen LogP contribution in [0.15, 0.2) is 60.0 Å². The molecule has 0 saturated heterocycles. The molecule has 0 aliphatic rings. The number of aromatic nitrogens is 1. The molecule has 1 N–H and O–H groups in total. The van der Waals surface area contributed by atoms with Crippen molar-refractivity contribution < 1.29 is 18.3 Å². The lowest BCUT2D eigenvalue weighted by molar-refractivity contribution is -0.0497. The van der Waals surface area contributed by atoms with Gasteiger partial charge in [-0.2, -0.15) is 8.78 Å². The fourth-order valence-electron chi connectivity index (χ4n) is 2.04. The number of hydrogen-bond donors (Lipinski definition) is 1. The van der Waals surface area contributed by atoms with Crippen LogP contribution in [0.1, 0.15) is 10.5 Å². The number of nitrogens with zero attached hydrogens (tertiary/aromatic N) is 1. The first-order chi connectivity index (χ1) is 11.6. The Hall–Kier alpha value is -2.80. The van der Waals surface area contributed by atoms with Gasteiger partial charge >= 0.3 is 6.61 Å². The molecule has 0 atom stereocenters. The summed E-state index contributed by atoms with van der Waals surface area (Å²) in [6, 6.07) is 15.3. The Morgan fingerprint density at radius 3 is 2.67 bits per heavy atom. The van der Waals surface area contributed by atoms with Gasteiger partial charge in [-0.1, -0.05) is 36.4 Å². The number of alkyl halides is 2. The van der Waals surface area contributed by atoms with E-state index in [0.29, 0.717) is 5.69 Å². The summed E-state index contributed by atoms with van der Waals surface area (Å²) >= 11 is 1.36.